The smallest absolute Gasteiger partial charge is 0.257 e. The molecule has 1 heterocycles. The van der Waals surface area contributed by atoms with Gasteiger partial charge in [-0.2, -0.15) is 0 Å². The molecule has 1 amide bonds. The molecule has 5 heteroatoms. The largest absolute Gasteiger partial charge is 0.376 e. The second-order valence-electron chi connectivity index (χ2n) is 6.63. The number of carbonyl (C=O) groups excluding carboxylic acids is 1. The SMILES string of the molecule is CC(C)(C)c1ccc(C(=O)NC(=S)NC[C@@H]2CCCO2)cc1. The third kappa shape index (κ3) is 4.78. The van der Waals surface area contributed by atoms with Crippen LogP contribution in [0.15, 0.2) is 24.3 Å². The number of hydrogen-bond donors (Lipinski definition) is 2. The Balaban J connectivity index is 1.84. The molecule has 1 aromatic rings. The minimum atomic E-state index is -0.190. The van der Waals surface area contributed by atoms with Crippen LogP contribution in [0.1, 0.15) is 49.5 Å². The Morgan fingerprint density at radius 2 is 2.00 bits per heavy atom. The van der Waals surface area contributed by atoms with E-state index >= 15 is 0 Å². The lowest BCUT2D eigenvalue weighted by Crippen LogP contribution is -2.42. The van der Waals surface area contributed by atoms with Crippen molar-refractivity contribution < 1.29 is 9.53 Å². The van der Waals surface area contributed by atoms with E-state index in [2.05, 4.69) is 31.4 Å². The Kier molecular flexibility index (Phi) is 5.53. The first-order valence-electron chi connectivity index (χ1n) is 7.67. The van der Waals surface area contributed by atoms with Gasteiger partial charge in [-0.15, -0.1) is 0 Å². The maximum Gasteiger partial charge on any atom is 0.257 e. The predicted octanol–water partition coefficient (Wildman–Crippen LogP) is 2.77. The number of thiocarbonyl (C=S) groups is 1. The van der Waals surface area contributed by atoms with E-state index in [1.165, 1.54) is 5.56 Å². The van der Waals surface area contributed by atoms with Crippen LogP contribution in [-0.2, 0) is 10.2 Å². The van der Waals surface area contributed by atoms with Crippen molar-refractivity contribution >= 4 is 23.2 Å². The summed E-state index contributed by atoms with van der Waals surface area (Å²) in [6, 6.07) is 7.63. The molecule has 0 unspecified atom stereocenters. The number of rotatable bonds is 3. The van der Waals surface area contributed by atoms with Crippen LogP contribution in [0.5, 0.6) is 0 Å². The maximum absolute atomic E-state index is 12.1. The average molecular weight is 320 g/mol. The molecule has 2 rings (SSSR count). The quantitative estimate of drug-likeness (QED) is 0.841. The van der Waals surface area contributed by atoms with Gasteiger partial charge < -0.3 is 10.1 Å². The molecular weight excluding hydrogens is 296 g/mol. The van der Waals surface area contributed by atoms with Gasteiger partial charge in [0.2, 0.25) is 0 Å². The van der Waals surface area contributed by atoms with E-state index in [-0.39, 0.29) is 17.4 Å². The molecule has 0 aromatic heterocycles. The van der Waals surface area contributed by atoms with Crippen LogP contribution in [0.4, 0.5) is 0 Å². The van der Waals surface area contributed by atoms with Gasteiger partial charge >= 0.3 is 0 Å². The normalized spacial score (nSPS) is 18.0. The maximum atomic E-state index is 12.1. The molecule has 1 aliphatic rings. The van der Waals surface area contributed by atoms with Gasteiger partial charge in [0.1, 0.15) is 0 Å². The molecule has 2 N–H and O–H groups in total. The zero-order chi connectivity index (χ0) is 16.2. The Labute approximate surface area is 137 Å². The Bertz CT molecular complexity index is 529. The van der Waals surface area contributed by atoms with Gasteiger partial charge in [-0.1, -0.05) is 32.9 Å². The number of hydrogen-bond acceptors (Lipinski definition) is 3. The zero-order valence-corrected chi connectivity index (χ0v) is 14.3. The van der Waals surface area contributed by atoms with Crippen LogP contribution < -0.4 is 10.6 Å². The summed E-state index contributed by atoms with van der Waals surface area (Å²) in [4.78, 5) is 12.1. The second kappa shape index (κ2) is 7.20. The van der Waals surface area contributed by atoms with Crippen molar-refractivity contribution in [3.8, 4) is 0 Å². The van der Waals surface area contributed by atoms with Crippen molar-refractivity contribution in [3.05, 3.63) is 35.4 Å². The van der Waals surface area contributed by atoms with Crippen LogP contribution in [0.3, 0.4) is 0 Å². The molecule has 0 aliphatic carbocycles. The summed E-state index contributed by atoms with van der Waals surface area (Å²) in [5.41, 5.74) is 1.88. The summed E-state index contributed by atoms with van der Waals surface area (Å²) < 4.78 is 5.50. The van der Waals surface area contributed by atoms with Gasteiger partial charge in [0.25, 0.3) is 5.91 Å². The summed E-state index contributed by atoms with van der Waals surface area (Å²) in [6.07, 6.45) is 2.32. The van der Waals surface area contributed by atoms with E-state index in [0.29, 0.717) is 17.2 Å². The molecule has 120 valence electrons. The van der Waals surface area contributed by atoms with Crippen LogP contribution in [0, 0.1) is 0 Å². The minimum Gasteiger partial charge on any atom is -0.376 e. The molecule has 0 radical (unpaired) electrons. The lowest BCUT2D eigenvalue weighted by molar-refractivity contribution is 0.0973. The van der Waals surface area contributed by atoms with Crippen molar-refractivity contribution in [1.82, 2.24) is 10.6 Å². The molecule has 1 aromatic carbocycles. The molecule has 22 heavy (non-hydrogen) atoms. The van der Waals surface area contributed by atoms with E-state index in [1.807, 2.05) is 24.3 Å². The molecule has 0 spiro atoms. The average Bonchev–Trinajstić information content (AvgIpc) is 2.97. The third-order valence-corrected chi connectivity index (χ3v) is 4.00. The number of amides is 1. The second-order valence-corrected chi connectivity index (χ2v) is 7.03. The van der Waals surface area contributed by atoms with Crippen molar-refractivity contribution in [2.75, 3.05) is 13.2 Å². The van der Waals surface area contributed by atoms with Crippen molar-refractivity contribution in [2.24, 2.45) is 0 Å². The Morgan fingerprint density at radius 3 is 2.55 bits per heavy atom. The molecule has 1 atom stereocenters. The van der Waals surface area contributed by atoms with Gasteiger partial charge in [0.15, 0.2) is 5.11 Å². The monoisotopic (exact) mass is 320 g/mol. The van der Waals surface area contributed by atoms with Crippen molar-refractivity contribution in [2.45, 2.75) is 45.1 Å². The summed E-state index contributed by atoms with van der Waals surface area (Å²) in [6.45, 7) is 7.89. The summed E-state index contributed by atoms with van der Waals surface area (Å²) >= 11 is 5.15. The fourth-order valence-electron chi connectivity index (χ4n) is 2.35. The highest BCUT2D eigenvalue weighted by Crippen LogP contribution is 2.22. The number of ether oxygens (including phenoxy) is 1. The molecule has 1 saturated heterocycles. The fraction of sp³-hybridized carbons (Fsp3) is 0.529. The fourth-order valence-corrected chi connectivity index (χ4v) is 2.53. The van der Waals surface area contributed by atoms with Gasteiger partial charge in [0.05, 0.1) is 6.10 Å². The van der Waals surface area contributed by atoms with Crippen LogP contribution >= 0.6 is 12.2 Å². The predicted molar refractivity (Wildman–Crippen MR) is 92.2 cm³/mol. The van der Waals surface area contributed by atoms with E-state index in [1.54, 1.807) is 0 Å². The topological polar surface area (TPSA) is 50.4 Å². The van der Waals surface area contributed by atoms with Gasteiger partial charge in [-0.05, 0) is 48.2 Å². The lowest BCUT2D eigenvalue weighted by Gasteiger charge is -2.19. The van der Waals surface area contributed by atoms with E-state index in [4.69, 9.17) is 17.0 Å². The molecule has 1 aliphatic heterocycles. The van der Waals surface area contributed by atoms with E-state index in [0.717, 1.165) is 19.4 Å². The Hall–Kier alpha value is -1.46. The minimum absolute atomic E-state index is 0.0765. The van der Waals surface area contributed by atoms with Crippen LogP contribution in [0.25, 0.3) is 0 Å². The highest BCUT2D eigenvalue weighted by molar-refractivity contribution is 7.80. The lowest BCUT2D eigenvalue weighted by atomic mass is 9.87. The number of nitrogens with one attached hydrogen (secondary N) is 2. The summed E-state index contributed by atoms with van der Waals surface area (Å²) in [5, 5.41) is 6.09. The van der Waals surface area contributed by atoms with Crippen molar-refractivity contribution in [3.63, 3.8) is 0 Å². The molecule has 4 nitrogen and oxygen atoms in total. The molecule has 0 bridgehead atoms. The van der Waals surface area contributed by atoms with Crippen LogP contribution in [-0.4, -0.2) is 30.3 Å². The molecule has 1 fully saturated rings. The number of benzene rings is 1. The van der Waals surface area contributed by atoms with E-state index in [9.17, 15) is 4.79 Å². The summed E-state index contributed by atoms with van der Waals surface area (Å²) in [5.74, 6) is -0.190. The Morgan fingerprint density at radius 1 is 1.32 bits per heavy atom. The van der Waals surface area contributed by atoms with Crippen LogP contribution in [0.2, 0.25) is 0 Å². The first-order chi connectivity index (χ1) is 10.4. The van der Waals surface area contributed by atoms with Gasteiger partial charge in [-0.25, -0.2) is 0 Å². The summed E-state index contributed by atoms with van der Waals surface area (Å²) in [7, 11) is 0. The highest BCUT2D eigenvalue weighted by Gasteiger charge is 2.17. The van der Waals surface area contributed by atoms with Gasteiger partial charge in [0, 0.05) is 18.7 Å². The zero-order valence-electron chi connectivity index (χ0n) is 13.4. The highest BCUT2D eigenvalue weighted by atomic mass is 32.1. The standard InChI is InChI=1S/C17H24N2O2S/c1-17(2,3)13-8-6-12(7-9-13)15(20)19-16(22)18-11-14-5-4-10-21-14/h6-9,14H,4-5,10-11H2,1-3H3,(H2,18,19,20,22)/t14-/m0/s1. The first-order valence-corrected chi connectivity index (χ1v) is 8.08. The first kappa shape index (κ1) is 16.9. The molecular formula is C17H24N2O2S. The van der Waals surface area contributed by atoms with Gasteiger partial charge in [-0.3, -0.25) is 10.1 Å². The third-order valence-electron chi connectivity index (χ3n) is 3.75. The molecule has 0 saturated carbocycles. The van der Waals surface area contributed by atoms with E-state index < -0.39 is 0 Å². The number of carbonyl (C=O) groups is 1. The van der Waals surface area contributed by atoms with Crippen molar-refractivity contribution in [1.29, 1.82) is 0 Å².